The van der Waals surface area contributed by atoms with E-state index in [0.29, 0.717) is 0 Å². The first-order valence-corrected chi connectivity index (χ1v) is 16.2. The van der Waals surface area contributed by atoms with Crippen LogP contribution in [0.3, 0.4) is 0 Å². The maximum atomic E-state index is 4.26. The van der Waals surface area contributed by atoms with Crippen molar-refractivity contribution in [3.05, 3.63) is 36.2 Å². The zero-order valence-corrected chi connectivity index (χ0v) is 23.9. The molecule has 0 atom stereocenters. The number of hydrogen-bond donors (Lipinski definition) is 0. The van der Waals surface area contributed by atoms with Crippen molar-refractivity contribution in [2.45, 2.75) is 180 Å². The summed E-state index contributed by atoms with van der Waals surface area (Å²) in [6.45, 7) is 2.30. The molecule has 0 unspecified atom stereocenters. The highest BCUT2D eigenvalue weighted by Gasteiger charge is 1.97. The van der Waals surface area contributed by atoms with E-state index in [4.69, 9.17) is 0 Å². The first-order valence-electron chi connectivity index (χ1n) is 16.2. The lowest BCUT2D eigenvalue weighted by Gasteiger charge is -2.04. The van der Waals surface area contributed by atoms with Crippen LogP contribution >= 0.6 is 0 Å². The third kappa shape index (κ3) is 24.5. The Morgan fingerprint density at radius 1 is 0.486 bits per heavy atom. The maximum Gasteiger partial charge on any atom is 0.0626 e. The minimum Gasteiger partial charge on any atom is -0.257 e. The van der Waals surface area contributed by atoms with Gasteiger partial charge >= 0.3 is 0 Å². The van der Waals surface area contributed by atoms with Gasteiger partial charge in [0.15, 0.2) is 0 Å². The van der Waals surface area contributed by atoms with E-state index in [1.165, 1.54) is 173 Å². The summed E-state index contributed by atoms with van der Waals surface area (Å²) < 4.78 is 0. The van der Waals surface area contributed by atoms with Crippen LogP contribution in [0.1, 0.15) is 180 Å². The van der Waals surface area contributed by atoms with Crippen LogP contribution in [0.25, 0.3) is 0 Å². The zero-order chi connectivity index (χ0) is 24.9. The van der Waals surface area contributed by atoms with Crippen LogP contribution in [-0.4, -0.2) is 0 Å². The summed E-state index contributed by atoms with van der Waals surface area (Å²) in [5.41, 5.74) is 1.10. The van der Waals surface area contributed by atoms with Crippen LogP contribution in [0.5, 0.6) is 0 Å². The molecule has 1 rings (SSSR count). The smallest absolute Gasteiger partial charge is 0.0626 e. The molecular weight excluding hydrogens is 422 g/mol. The fourth-order valence-electron chi connectivity index (χ4n) is 5.19. The van der Waals surface area contributed by atoms with E-state index in [2.05, 4.69) is 30.5 Å². The van der Waals surface area contributed by atoms with Crippen LogP contribution in [0.2, 0.25) is 0 Å². The lowest BCUT2D eigenvalue weighted by atomic mass is 10.0. The van der Waals surface area contributed by atoms with Crippen molar-refractivity contribution in [3.8, 4) is 0 Å². The summed E-state index contributed by atoms with van der Waals surface area (Å²) in [7, 11) is 0. The van der Waals surface area contributed by atoms with Crippen LogP contribution in [-0.2, 0) is 0 Å². The number of unbranched alkanes of at least 4 members (excludes halogenated alkanes) is 26. The molecule has 1 heterocycles. The second-order valence-corrected chi connectivity index (χ2v) is 11.1. The van der Waals surface area contributed by atoms with Gasteiger partial charge in [-0.15, -0.1) is 0 Å². The quantitative estimate of drug-likeness (QED) is 0.0980. The molecule has 203 valence electrons. The topological polar surface area (TPSA) is 14.1 Å². The Hall–Kier alpha value is -0.980. The van der Waals surface area contributed by atoms with Crippen molar-refractivity contribution in [1.29, 1.82) is 0 Å². The molecule has 0 saturated carbocycles. The van der Waals surface area contributed by atoms with Gasteiger partial charge in [-0.25, -0.2) is 0 Å². The highest BCUT2D eigenvalue weighted by Crippen LogP contribution is 2.16. The van der Waals surface area contributed by atoms with Gasteiger partial charge in [-0.1, -0.05) is 174 Å². The Bertz CT molecular complexity index is 501. The first-order chi connectivity index (χ1) is 17.4. The lowest BCUT2D eigenvalue weighted by Crippen LogP contribution is -1.86. The molecule has 0 amide bonds. The van der Waals surface area contributed by atoms with Gasteiger partial charge < -0.3 is 0 Å². The fraction of sp³-hybridized carbons (Fsp3) is 0.824. The number of allylic oxidation sites excluding steroid dienone is 4. The third-order valence-corrected chi connectivity index (χ3v) is 7.59. The predicted octanol–water partition coefficient (Wildman–Crippen LogP) is 12.1. The summed E-state index contributed by atoms with van der Waals surface area (Å²) in [5.74, 6) is 0. The molecule has 1 radical (unpaired) electrons. The van der Waals surface area contributed by atoms with Gasteiger partial charge in [0, 0.05) is 6.20 Å². The van der Waals surface area contributed by atoms with E-state index in [1.54, 1.807) is 0 Å². The SMILES string of the molecule is CCCCCCCCCCCCCCCCCCCCCCCCCCCC/C=C/C1=CC=C[N]1. The van der Waals surface area contributed by atoms with E-state index in [1.807, 2.05) is 12.3 Å². The normalized spacial score (nSPS) is 13.1. The molecule has 0 aromatic heterocycles. The minimum absolute atomic E-state index is 1.10. The lowest BCUT2D eigenvalue weighted by molar-refractivity contribution is 0.515. The Morgan fingerprint density at radius 2 is 0.829 bits per heavy atom. The molecule has 0 spiro atoms. The van der Waals surface area contributed by atoms with Gasteiger partial charge in [0.05, 0.1) is 5.70 Å². The summed E-state index contributed by atoms with van der Waals surface area (Å²) in [6, 6.07) is 0. The van der Waals surface area contributed by atoms with Gasteiger partial charge in [0.1, 0.15) is 0 Å². The van der Waals surface area contributed by atoms with E-state index in [-0.39, 0.29) is 0 Å². The summed E-state index contributed by atoms with van der Waals surface area (Å²) >= 11 is 0. The number of rotatable bonds is 28. The van der Waals surface area contributed by atoms with Crippen LogP contribution in [0.15, 0.2) is 36.2 Å². The maximum absolute atomic E-state index is 4.26. The average molecular weight is 485 g/mol. The first kappa shape index (κ1) is 32.0. The highest BCUT2D eigenvalue weighted by molar-refractivity contribution is 5.28. The van der Waals surface area contributed by atoms with Crippen molar-refractivity contribution in [2.75, 3.05) is 0 Å². The van der Waals surface area contributed by atoms with E-state index >= 15 is 0 Å². The van der Waals surface area contributed by atoms with Crippen LogP contribution in [0, 0.1) is 0 Å². The largest absolute Gasteiger partial charge is 0.257 e. The molecule has 0 aliphatic carbocycles. The van der Waals surface area contributed by atoms with Crippen molar-refractivity contribution in [3.63, 3.8) is 0 Å². The summed E-state index contributed by atoms with van der Waals surface area (Å²) in [4.78, 5) is 0. The van der Waals surface area contributed by atoms with Crippen molar-refractivity contribution >= 4 is 0 Å². The summed E-state index contributed by atoms with van der Waals surface area (Å²) in [6.07, 6.45) is 49.5. The predicted molar refractivity (Wildman–Crippen MR) is 159 cm³/mol. The molecule has 1 nitrogen and oxygen atoms in total. The molecule has 1 heteroatoms. The molecule has 35 heavy (non-hydrogen) atoms. The third-order valence-electron chi connectivity index (χ3n) is 7.59. The molecule has 0 saturated heterocycles. The van der Waals surface area contributed by atoms with Gasteiger partial charge in [0.25, 0.3) is 0 Å². The minimum atomic E-state index is 1.10. The fourth-order valence-corrected chi connectivity index (χ4v) is 5.19. The molecule has 1 aliphatic rings. The van der Waals surface area contributed by atoms with Crippen molar-refractivity contribution in [1.82, 2.24) is 5.32 Å². The average Bonchev–Trinajstić information content (AvgIpc) is 3.39. The monoisotopic (exact) mass is 484 g/mol. The van der Waals surface area contributed by atoms with Gasteiger partial charge in [-0.3, -0.25) is 5.32 Å². The molecule has 0 aromatic rings. The van der Waals surface area contributed by atoms with Crippen molar-refractivity contribution < 1.29 is 0 Å². The standard InChI is InChI=1S/C34H62N/c1-2-3-4-5-6-7-8-9-10-11-12-13-14-15-16-17-18-19-20-21-22-23-24-25-26-27-28-29-31-34-32-30-33-35-34/h29-33H,2-28H2,1H3/b31-29+. The van der Waals surface area contributed by atoms with Gasteiger partial charge in [-0.05, 0) is 31.1 Å². The van der Waals surface area contributed by atoms with Gasteiger partial charge in [-0.2, -0.15) is 0 Å². The zero-order valence-electron chi connectivity index (χ0n) is 23.9. The molecule has 0 fully saturated rings. The van der Waals surface area contributed by atoms with Gasteiger partial charge in [0.2, 0.25) is 0 Å². The number of hydrogen-bond acceptors (Lipinski definition) is 0. The Kier molecular flexibility index (Phi) is 25.3. The Morgan fingerprint density at radius 3 is 1.14 bits per heavy atom. The Balaban J connectivity index is 1.62. The second-order valence-electron chi connectivity index (χ2n) is 11.1. The molecule has 0 N–H and O–H groups in total. The van der Waals surface area contributed by atoms with Crippen molar-refractivity contribution in [2.24, 2.45) is 0 Å². The molecule has 1 aliphatic heterocycles. The second kappa shape index (κ2) is 27.6. The molecule has 0 bridgehead atoms. The Labute approximate surface area is 221 Å². The summed E-state index contributed by atoms with van der Waals surface area (Å²) in [5, 5.41) is 4.26. The highest BCUT2D eigenvalue weighted by atomic mass is 14.9. The van der Waals surface area contributed by atoms with E-state index in [0.717, 1.165) is 5.70 Å². The van der Waals surface area contributed by atoms with Crippen LogP contribution < -0.4 is 5.32 Å². The molecule has 0 aromatic carbocycles. The van der Waals surface area contributed by atoms with E-state index < -0.39 is 0 Å². The number of nitrogens with zero attached hydrogens (tertiary/aromatic N) is 1. The molecular formula is C34H62N. The van der Waals surface area contributed by atoms with E-state index in [9.17, 15) is 0 Å². The van der Waals surface area contributed by atoms with Crippen LogP contribution in [0.4, 0.5) is 0 Å².